The van der Waals surface area contributed by atoms with Crippen LogP contribution in [0.5, 0.6) is 0 Å². The Balaban J connectivity index is 0. The molecule has 0 aromatic carbocycles. The second kappa shape index (κ2) is 3.24. The van der Waals surface area contributed by atoms with Gasteiger partial charge in [0.2, 0.25) is 0 Å². The molecule has 0 radical (unpaired) electrons. The molecule has 0 amide bonds. The van der Waals surface area contributed by atoms with E-state index in [0.717, 1.165) is 19.6 Å². The van der Waals surface area contributed by atoms with Gasteiger partial charge in [-0.05, 0) is 6.42 Å². The molecule has 0 saturated carbocycles. The SMILES string of the molecule is Cl.N[C@H]1CCOC1.[HH]. The lowest BCUT2D eigenvalue weighted by Gasteiger charge is -1.90. The van der Waals surface area contributed by atoms with E-state index < -0.39 is 0 Å². The number of hydrogen-bond acceptors (Lipinski definition) is 2. The third-order valence-corrected chi connectivity index (χ3v) is 0.965. The Labute approximate surface area is 50.9 Å². The summed E-state index contributed by atoms with van der Waals surface area (Å²) in [6.45, 7) is 1.63. The third kappa shape index (κ3) is 2.12. The maximum absolute atomic E-state index is 5.41. The summed E-state index contributed by atoms with van der Waals surface area (Å²) in [5.41, 5.74) is 5.41. The summed E-state index contributed by atoms with van der Waals surface area (Å²) in [5, 5.41) is 0. The number of rotatable bonds is 0. The molecule has 0 unspecified atom stereocenters. The fraction of sp³-hybridized carbons (Fsp3) is 1.00. The fourth-order valence-corrected chi connectivity index (χ4v) is 0.553. The second-order valence-corrected chi connectivity index (χ2v) is 1.62. The van der Waals surface area contributed by atoms with Crippen molar-refractivity contribution in [3.63, 3.8) is 0 Å². The number of hydrogen-bond donors (Lipinski definition) is 1. The minimum atomic E-state index is 0. The predicted molar refractivity (Wildman–Crippen MR) is 32.8 cm³/mol. The first-order valence-corrected chi connectivity index (χ1v) is 2.23. The molecule has 0 aromatic rings. The Morgan fingerprint density at radius 1 is 1.71 bits per heavy atom. The zero-order valence-corrected chi connectivity index (χ0v) is 4.91. The standard InChI is InChI=1S/C4H9NO.ClH.H2/c5-4-1-2-6-3-4;;/h4H,1-3,5H2;2*1H/t4-;;/m0../s1. The van der Waals surface area contributed by atoms with E-state index in [0.29, 0.717) is 6.04 Å². The monoisotopic (exact) mass is 125 g/mol. The Morgan fingerprint density at radius 3 is 2.57 bits per heavy atom. The quantitative estimate of drug-likeness (QED) is 0.509. The Hall–Kier alpha value is 0.210. The number of ether oxygens (including phenoxy) is 1. The maximum atomic E-state index is 5.41. The molecule has 1 heterocycles. The second-order valence-electron chi connectivity index (χ2n) is 1.62. The largest absolute Gasteiger partial charge is 0.380 e. The average molecular weight is 126 g/mol. The van der Waals surface area contributed by atoms with Crippen LogP contribution in [0.25, 0.3) is 0 Å². The Kier molecular flexibility index (Phi) is 3.34. The summed E-state index contributed by atoms with van der Waals surface area (Å²) < 4.78 is 4.93. The van der Waals surface area contributed by atoms with Crippen LogP contribution in [0.3, 0.4) is 0 Å². The molecule has 3 heteroatoms. The molecule has 0 spiro atoms. The van der Waals surface area contributed by atoms with Gasteiger partial charge in [-0.15, -0.1) is 12.4 Å². The van der Waals surface area contributed by atoms with E-state index >= 15 is 0 Å². The third-order valence-electron chi connectivity index (χ3n) is 0.965. The summed E-state index contributed by atoms with van der Waals surface area (Å²) >= 11 is 0. The van der Waals surface area contributed by atoms with E-state index in [9.17, 15) is 0 Å². The highest BCUT2D eigenvalue weighted by Gasteiger charge is 2.07. The first-order chi connectivity index (χ1) is 2.89. The van der Waals surface area contributed by atoms with Crippen molar-refractivity contribution in [1.29, 1.82) is 0 Å². The van der Waals surface area contributed by atoms with Crippen molar-refractivity contribution in [1.82, 2.24) is 0 Å². The summed E-state index contributed by atoms with van der Waals surface area (Å²) in [6, 6.07) is 0.324. The van der Waals surface area contributed by atoms with Crippen LogP contribution in [0.1, 0.15) is 7.85 Å². The maximum Gasteiger partial charge on any atom is 0.0618 e. The predicted octanol–water partition coefficient (Wildman–Crippen LogP) is 0.402. The van der Waals surface area contributed by atoms with Crippen molar-refractivity contribution >= 4 is 12.4 Å². The van der Waals surface area contributed by atoms with Gasteiger partial charge in [0.25, 0.3) is 0 Å². The van der Waals surface area contributed by atoms with Crippen LogP contribution in [0, 0.1) is 0 Å². The van der Waals surface area contributed by atoms with Gasteiger partial charge in [0.1, 0.15) is 0 Å². The molecule has 1 saturated heterocycles. The minimum Gasteiger partial charge on any atom is -0.380 e. The highest BCUT2D eigenvalue weighted by Crippen LogP contribution is 1.98. The molecule has 0 aromatic heterocycles. The van der Waals surface area contributed by atoms with Crippen LogP contribution in [-0.2, 0) is 4.74 Å². The first-order valence-electron chi connectivity index (χ1n) is 2.23. The van der Waals surface area contributed by atoms with Gasteiger partial charge < -0.3 is 10.5 Å². The van der Waals surface area contributed by atoms with Crippen LogP contribution < -0.4 is 5.73 Å². The molecule has 0 aliphatic carbocycles. The lowest BCUT2D eigenvalue weighted by Crippen LogP contribution is -2.18. The molecular formula is C4H12ClNO. The van der Waals surface area contributed by atoms with Crippen molar-refractivity contribution in [2.45, 2.75) is 12.5 Å². The van der Waals surface area contributed by atoms with Gasteiger partial charge in [0.15, 0.2) is 0 Å². The van der Waals surface area contributed by atoms with Crippen molar-refractivity contribution in [3.8, 4) is 0 Å². The van der Waals surface area contributed by atoms with E-state index in [1.165, 1.54) is 0 Å². The highest BCUT2D eigenvalue weighted by atomic mass is 35.5. The average Bonchev–Trinajstić information content (AvgIpc) is 1.86. The van der Waals surface area contributed by atoms with Gasteiger partial charge in [-0.1, -0.05) is 0 Å². The smallest absolute Gasteiger partial charge is 0.0618 e. The number of halogens is 1. The zero-order valence-electron chi connectivity index (χ0n) is 4.09. The van der Waals surface area contributed by atoms with Gasteiger partial charge in [-0.2, -0.15) is 0 Å². The van der Waals surface area contributed by atoms with E-state index in [4.69, 9.17) is 10.5 Å². The Bertz CT molecular complexity index is 49.3. The molecule has 0 bridgehead atoms. The van der Waals surface area contributed by atoms with Crippen molar-refractivity contribution in [2.24, 2.45) is 5.73 Å². The Morgan fingerprint density at radius 2 is 2.43 bits per heavy atom. The van der Waals surface area contributed by atoms with Crippen LogP contribution in [0.2, 0.25) is 0 Å². The molecule has 7 heavy (non-hydrogen) atoms. The van der Waals surface area contributed by atoms with Gasteiger partial charge >= 0.3 is 0 Å². The van der Waals surface area contributed by atoms with E-state index in [2.05, 4.69) is 0 Å². The van der Waals surface area contributed by atoms with E-state index in [-0.39, 0.29) is 13.8 Å². The van der Waals surface area contributed by atoms with Crippen LogP contribution in [0.4, 0.5) is 0 Å². The normalized spacial score (nSPS) is 29.6. The van der Waals surface area contributed by atoms with E-state index in [1.807, 2.05) is 0 Å². The van der Waals surface area contributed by atoms with Crippen molar-refractivity contribution < 1.29 is 6.16 Å². The highest BCUT2D eigenvalue weighted by molar-refractivity contribution is 5.85. The molecule has 46 valence electrons. The fourth-order valence-electron chi connectivity index (χ4n) is 0.553. The molecule has 1 rings (SSSR count). The molecule has 1 atom stereocenters. The molecule has 1 aliphatic rings. The zero-order chi connectivity index (χ0) is 4.41. The van der Waals surface area contributed by atoms with Crippen molar-refractivity contribution in [2.75, 3.05) is 13.2 Å². The number of nitrogens with two attached hydrogens (primary N) is 1. The van der Waals surface area contributed by atoms with Gasteiger partial charge in [0.05, 0.1) is 6.61 Å². The lowest BCUT2D eigenvalue weighted by atomic mass is 10.3. The van der Waals surface area contributed by atoms with Gasteiger partial charge in [0, 0.05) is 14.1 Å². The molecule has 1 aliphatic heterocycles. The van der Waals surface area contributed by atoms with Crippen LogP contribution >= 0.6 is 12.4 Å². The summed E-state index contributed by atoms with van der Waals surface area (Å²) in [7, 11) is 0. The topological polar surface area (TPSA) is 35.2 Å². The summed E-state index contributed by atoms with van der Waals surface area (Å²) in [5.74, 6) is 0. The minimum absolute atomic E-state index is 0. The van der Waals surface area contributed by atoms with Gasteiger partial charge in [-0.25, -0.2) is 0 Å². The summed E-state index contributed by atoms with van der Waals surface area (Å²) in [4.78, 5) is 0. The molecular weight excluding hydrogens is 114 g/mol. The molecule has 2 N–H and O–H groups in total. The van der Waals surface area contributed by atoms with E-state index in [1.54, 1.807) is 0 Å². The van der Waals surface area contributed by atoms with Crippen LogP contribution in [-0.4, -0.2) is 19.3 Å². The van der Waals surface area contributed by atoms with Gasteiger partial charge in [-0.3, -0.25) is 0 Å². The first kappa shape index (κ1) is 7.21. The van der Waals surface area contributed by atoms with Crippen molar-refractivity contribution in [3.05, 3.63) is 0 Å². The van der Waals surface area contributed by atoms with Crippen LogP contribution in [0.15, 0.2) is 0 Å². The molecule has 2 nitrogen and oxygen atoms in total. The summed E-state index contributed by atoms with van der Waals surface area (Å²) in [6.07, 6.45) is 1.04. The lowest BCUT2D eigenvalue weighted by molar-refractivity contribution is 0.194. The molecule has 1 fully saturated rings.